The fourth-order valence-corrected chi connectivity index (χ4v) is 2.12. The summed E-state index contributed by atoms with van der Waals surface area (Å²) in [5.74, 6) is 0.0107. The molecule has 0 aliphatic rings. The number of carbonyl (C=O) groups is 1. The van der Waals surface area contributed by atoms with Crippen molar-refractivity contribution in [2.45, 2.75) is 6.42 Å². The highest BCUT2D eigenvalue weighted by Crippen LogP contribution is 2.10. The average molecular weight is 248 g/mol. The van der Waals surface area contributed by atoms with Crippen molar-refractivity contribution in [3.05, 3.63) is 46.2 Å². The normalized spacial score (nSPS) is 11.7. The molecule has 0 saturated carbocycles. The van der Waals surface area contributed by atoms with Crippen molar-refractivity contribution in [2.75, 3.05) is 0 Å². The Morgan fingerprint density at radius 1 is 1.41 bits per heavy atom. The van der Waals surface area contributed by atoms with Crippen molar-refractivity contribution >= 4 is 17.2 Å². The summed E-state index contributed by atoms with van der Waals surface area (Å²) in [5, 5.41) is 11.0. The summed E-state index contributed by atoms with van der Waals surface area (Å²) in [7, 11) is 1.85. The number of phenols is 1. The summed E-state index contributed by atoms with van der Waals surface area (Å²) in [6, 6.07) is 6.57. The zero-order valence-electron chi connectivity index (χ0n) is 9.33. The molecule has 1 heterocycles. The molecular formula is C12H12N2O2S. The highest BCUT2D eigenvalue weighted by molar-refractivity contribution is 7.07. The summed E-state index contributed by atoms with van der Waals surface area (Å²) in [6.45, 7) is 0. The number of aromatic nitrogens is 1. The van der Waals surface area contributed by atoms with Crippen LogP contribution >= 0.6 is 11.3 Å². The molecule has 0 radical (unpaired) electrons. The Balaban J connectivity index is 2.13. The van der Waals surface area contributed by atoms with E-state index < -0.39 is 0 Å². The van der Waals surface area contributed by atoms with Crippen LogP contribution in [0.2, 0.25) is 0 Å². The summed E-state index contributed by atoms with van der Waals surface area (Å²) in [6.07, 6.45) is 2.11. The number of benzene rings is 1. The lowest BCUT2D eigenvalue weighted by molar-refractivity contribution is -0.117. The predicted molar refractivity (Wildman–Crippen MR) is 65.7 cm³/mol. The maximum atomic E-state index is 11.7. The quantitative estimate of drug-likeness (QED) is 0.874. The molecule has 1 aromatic carbocycles. The van der Waals surface area contributed by atoms with E-state index in [4.69, 9.17) is 5.11 Å². The number of hydrogen-bond donors (Lipinski definition) is 1. The minimum absolute atomic E-state index is 0.186. The molecule has 1 amide bonds. The fourth-order valence-electron chi connectivity index (χ4n) is 1.37. The molecule has 88 valence electrons. The summed E-state index contributed by atoms with van der Waals surface area (Å²) < 4.78 is 1.80. The highest BCUT2D eigenvalue weighted by Gasteiger charge is 2.02. The summed E-state index contributed by atoms with van der Waals surface area (Å²) in [4.78, 5) is 16.4. The van der Waals surface area contributed by atoms with Crippen LogP contribution in [0.15, 0.2) is 40.8 Å². The molecule has 0 fully saturated rings. The van der Waals surface area contributed by atoms with E-state index in [0.29, 0.717) is 4.80 Å². The number of nitrogens with zero attached hydrogens (tertiary/aromatic N) is 2. The highest BCUT2D eigenvalue weighted by atomic mass is 32.1. The Morgan fingerprint density at radius 2 is 2.12 bits per heavy atom. The van der Waals surface area contributed by atoms with Crippen LogP contribution in [0.1, 0.15) is 5.56 Å². The second-order valence-electron chi connectivity index (χ2n) is 3.65. The molecule has 2 rings (SSSR count). The van der Waals surface area contributed by atoms with Gasteiger partial charge in [-0.2, -0.15) is 4.99 Å². The van der Waals surface area contributed by atoms with E-state index in [1.807, 2.05) is 18.6 Å². The first-order valence-corrected chi connectivity index (χ1v) is 5.99. The third-order valence-electron chi connectivity index (χ3n) is 2.27. The second-order valence-corrected chi connectivity index (χ2v) is 4.52. The molecule has 0 aliphatic heterocycles. The number of hydrogen-bond acceptors (Lipinski definition) is 3. The van der Waals surface area contributed by atoms with Gasteiger partial charge in [0.25, 0.3) is 5.91 Å². The Bertz CT molecular complexity index is 581. The van der Waals surface area contributed by atoms with Gasteiger partial charge in [-0.25, -0.2) is 0 Å². The van der Waals surface area contributed by atoms with Gasteiger partial charge in [0, 0.05) is 18.6 Å². The lowest BCUT2D eigenvalue weighted by atomic mass is 10.1. The number of aryl methyl sites for hydroxylation is 1. The van der Waals surface area contributed by atoms with Gasteiger partial charge in [-0.15, -0.1) is 11.3 Å². The first-order chi connectivity index (χ1) is 8.15. The molecule has 0 unspecified atom stereocenters. The molecule has 0 spiro atoms. The van der Waals surface area contributed by atoms with Crippen molar-refractivity contribution < 1.29 is 9.90 Å². The average Bonchev–Trinajstić information content (AvgIpc) is 2.68. The standard InChI is InChI=1S/C12H12N2O2S/c1-14-6-7-17-12(14)13-11(16)8-9-2-4-10(15)5-3-9/h2-7,15H,8H2,1H3. The van der Waals surface area contributed by atoms with Crippen LogP contribution in [-0.2, 0) is 18.3 Å². The zero-order valence-corrected chi connectivity index (χ0v) is 10.1. The maximum absolute atomic E-state index is 11.7. The molecule has 0 aliphatic carbocycles. The largest absolute Gasteiger partial charge is 0.508 e. The van der Waals surface area contributed by atoms with Gasteiger partial charge in [-0.3, -0.25) is 4.79 Å². The van der Waals surface area contributed by atoms with E-state index in [2.05, 4.69) is 4.99 Å². The van der Waals surface area contributed by atoms with Gasteiger partial charge in [0.05, 0.1) is 6.42 Å². The van der Waals surface area contributed by atoms with E-state index in [-0.39, 0.29) is 18.1 Å². The second kappa shape index (κ2) is 4.97. The van der Waals surface area contributed by atoms with Gasteiger partial charge >= 0.3 is 0 Å². The first-order valence-electron chi connectivity index (χ1n) is 5.11. The molecular weight excluding hydrogens is 236 g/mol. The monoisotopic (exact) mass is 248 g/mol. The SMILES string of the molecule is Cn1ccsc1=NC(=O)Cc1ccc(O)cc1. The van der Waals surface area contributed by atoms with Crippen LogP contribution in [0.4, 0.5) is 0 Å². The van der Waals surface area contributed by atoms with Crippen LogP contribution in [0.3, 0.4) is 0 Å². The Labute approximate surface area is 103 Å². The fraction of sp³-hybridized carbons (Fsp3) is 0.167. The van der Waals surface area contributed by atoms with Crippen molar-refractivity contribution in [1.29, 1.82) is 0 Å². The lowest BCUT2D eigenvalue weighted by Crippen LogP contribution is -2.13. The van der Waals surface area contributed by atoms with Gasteiger partial charge in [0.2, 0.25) is 0 Å². The summed E-state index contributed by atoms with van der Waals surface area (Å²) in [5.41, 5.74) is 0.843. The van der Waals surface area contributed by atoms with Crippen molar-refractivity contribution in [1.82, 2.24) is 4.57 Å². The third kappa shape index (κ3) is 3.04. The first kappa shape index (κ1) is 11.6. The van der Waals surface area contributed by atoms with Crippen molar-refractivity contribution in [3.63, 3.8) is 0 Å². The number of rotatable bonds is 2. The van der Waals surface area contributed by atoms with E-state index in [1.54, 1.807) is 28.8 Å². The number of thiazole rings is 1. The predicted octanol–water partition coefficient (Wildman–Crippen LogP) is 1.46. The number of aromatic hydroxyl groups is 1. The lowest BCUT2D eigenvalue weighted by Gasteiger charge is -1.97. The number of amides is 1. The molecule has 17 heavy (non-hydrogen) atoms. The van der Waals surface area contributed by atoms with Crippen molar-refractivity contribution in [3.8, 4) is 5.75 Å². The summed E-state index contributed by atoms with van der Waals surface area (Å²) >= 11 is 1.43. The van der Waals surface area contributed by atoms with Crippen LogP contribution in [0.25, 0.3) is 0 Å². The molecule has 0 atom stereocenters. The molecule has 0 saturated heterocycles. The van der Waals surface area contributed by atoms with Crippen LogP contribution < -0.4 is 4.80 Å². The van der Waals surface area contributed by atoms with Crippen LogP contribution in [0, 0.1) is 0 Å². The molecule has 4 nitrogen and oxygen atoms in total. The van der Waals surface area contributed by atoms with Gasteiger partial charge in [0.1, 0.15) is 5.75 Å². The maximum Gasteiger partial charge on any atom is 0.252 e. The smallest absolute Gasteiger partial charge is 0.252 e. The van der Waals surface area contributed by atoms with Gasteiger partial charge in [-0.05, 0) is 17.7 Å². The molecule has 1 aromatic heterocycles. The molecule has 2 aromatic rings. The van der Waals surface area contributed by atoms with Crippen molar-refractivity contribution in [2.24, 2.45) is 12.0 Å². The third-order valence-corrected chi connectivity index (χ3v) is 3.12. The van der Waals surface area contributed by atoms with Crippen LogP contribution in [-0.4, -0.2) is 15.6 Å². The Kier molecular flexibility index (Phi) is 3.39. The topological polar surface area (TPSA) is 54.6 Å². The van der Waals surface area contributed by atoms with Gasteiger partial charge < -0.3 is 9.67 Å². The minimum Gasteiger partial charge on any atom is -0.508 e. The van der Waals surface area contributed by atoms with E-state index in [9.17, 15) is 4.79 Å². The number of phenolic OH excluding ortho intramolecular Hbond substituents is 1. The van der Waals surface area contributed by atoms with Crippen LogP contribution in [0.5, 0.6) is 5.75 Å². The molecule has 0 bridgehead atoms. The Hall–Kier alpha value is -1.88. The van der Waals surface area contributed by atoms with E-state index >= 15 is 0 Å². The minimum atomic E-state index is -0.186. The van der Waals surface area contributed by atoms with E-state index in [0.717, 1.165) is 5.56 Å². The zero-order chi connectivity index (χ0) is 12.3. The molecule has 5 heteroatoms. The molecule has 1 N–H and O–H groups in total. The van der Waals surface area contributed by atoms with Gasteiger partial charge in [0.15, 0.2) is 4.80 Å². The van der Waals surface area contributed by atoms with E-state index in [1.165, 1.54) is 11.3 Å². The number of carbonyl (C=O) groups excluding carboxylic acids is 1. The Morgan fingerprint density at radius 3 is 2.71 bits per heavy atom. The van der Waals surface area contributed by atoms with Gasteiger partial charge in [-0.1, -0.05) is 12.1 Å².